The molecule has 33 heavy (non-hydrogen) atoms. The van der Waals surface area contributed by atoms with Crippen molar-refractivity contribution in [2.75, 3.05) is 30.8 Å². The van der Waals surface area contributed by atoms with Crippen LogP contribution in [0.1, 0.15) is 22.8 Å². The molecule has 0 atom stereocenters. The quantitative estimate of drug-likeness (QED) is 0.434. The van der Waals surface area contributed by atoms with Gasteiger partial charge in [-0.25, -0.2) is 0 Å². The number of hydrogen-bond acceptors (Lipinski definition) is 4. The van der Waals surface area contributed by atoms with Crippen molar-refractivity contribution in [3.63, 3.8) is 0 Å². The maximum Gasteiger partial charge on any atom is 0.253 e. The van der Waals surface area contributed by atoms with Crippen LogP contribution in [0, 0.1) is 0 Å². The van der Waals surface area contributed by atoms with Crippen LogP contribution in [0.2, 0.25) is 0 Å². The van der Waals surface area contributed by atoms with E-state index in [9.17, 15) is 9.59 Å². The van der Waals surface area contributed by atoms with Gasteiger partial charge in [0.15, 0.2) is 0 Å². The van der Waals surface area contributed by atoms with E-state index in [-0.39, 0.29) is 18.4 Å². The molecular formula is C27H29N3O3. The number of rotatable bonds is 10. The summed E-state index contributed by atoms with van der Waals surface area (Å²) in [5.41, 5.74) is 3.79. The summed E-state index contributed by atoms with van der Waals surface area (Å²) < 4.78 is 5.69. The fraction of sp³-hybridized carbons (Fsp3) is 0.185. The molecular weight excluding hydrogens is 414 g/mol. The Kier molecular flexibility index (Phi) is 8.24. The first-order valence-corrected chi connectivity index (χ1v) is 10.7. The summed E-state index contributed by atoms with van der Waals surface area (Å²) in [6.45, 7) is 6.65. The van der Waals surface area contributed by atoms with Gasteiger partial charge in [0.25, 0.3) is 5.91 Å². The standard InChI is InChI=1S/C27H29N3O3/c1-20(2)19-33-25-15-8-7-14-24(25)29-26(31)17-28-23-13-9-12-22(16-23)27(32)30(3)18-21-10-5-4-6-11-21/h4-16,28H,1,17-19H2,2-3H3,(H,29,31). The first-order valence-electron chi connectivity index (χ1n) is 10.7. The van der Waals surface area contributed by atoms with Crippen molar-refractivity contribution in [2.24, 2.45) is 0 Å². The molecule has 0 aliphatic carbocycles. The molecule has 0 aromatic heterocycles. The molecule has 170 valence electrons. The smallest absolute Gasteiger partial charge is 0.253 e. The highest BCUT2D eigenvalue weighted by Crippen LogP contribution is 2.24. The number of carbonyl (C=O) groups is 2. The number of nitrogens with zero attached hydrogens (tertiary/aromatic N) is 1. The van der Waals surface area contributed by atoms with E-state index >= 15 is 0 Å². The summed E-state index contributed by atoms with van der Waals surface area (Å²) in [5.74, 6) is 0.276. The van der Waals surface area contributed by atoms with Crippen LogP contribution in [-0.2, 0) is 11.3 Å². The molecule has 0 bridgehead atoms. The van der Waals surface area contributed by atoms with Gasteiger partial charge in [-0.3, -0.25) is 9.59 Å². The van der Waals surface area contributed by atoms with Gasteiger partial charge in [-0.2, -0.15) is 0 Å². The number of carbonyl (C=O) groups excluding carboxylic acids is 2. The zero-order chi connectivity index (χ0) is 23.6. The Hall–Kier alpha value is -4.06. The van der Waals surface area contributed by atoms with Crippen LogP contribution < -0.4 is 15.4 Å². The zero-order valence-electron chi connectivity index (χ0n) is 19.0. The monoisotopic (exact) mass is 443 g/mol. The van der Waals surface area contributed by atoms with Gasteiger partial charge >= 0.3 is 0 Å². The summed E-state index contributed by atoms with van der Waals surface area (Å²) in [7, 11) is 1.77. The average Bonchev–Trinajstić information content (AvgIpc) is 2.82. The third-order valence-electron chi connectivity index (χ3n) is 4.81. The Morgan fingerprint density at radius 1 is 0.970 bits per heavy atom. The van der Waals surface area contributed by atoms with Gasteiger partial charge in [-0.05, 0) is 48.4 Å². The predicted octanol–water partition coefficient (Wildman–Crippen LogP) is 4.96. The Bertz CT molecular complexity index is 1110. The largest absolute Gasteiger partial charge is 0.487 e. The lowest BCUT2D eigenvalue weighted by molar-refractivity contribution is -0.114. The molecule has 6 heteroatoms. The number of nitrogens with one attached hydrogen (secondary N) is 2. The molecule has 3 aromatic rings. The highest BCUT2D eigenvalue weighted by Gasteiger charge is 2.13. The summed E-state index contributed by atoms with van der Waals surface area (Å²) >= 11 is 0. The topological polar surface area (TPSA) is 70.7 Å². The Labute approximate surface area is 194 Å². The van der Waals surface area contributed by atoms with Gasteiger partial charge in [0.05, 0.1) is 12.2 Å². The second-order valence-corrected chi connectivity index (χ2v) is 7.87. The van der Waals surface area contributed by atoms with E-state index in [2.05, 4.69) is 17.2 Å². The van der Waals surface area contributed by atoms with Crippen LogP contribution in [0.3, 0.4) is 0 Å². The zero-order valence-corrected chi connectivity index (χ0v) is 19.0. The number of hydrogen-bond donors (Lipinski definition) is 2. The minimum atomic E-state index is -0.223. The van der Waals surface area contributed by atoms with Crippen molar-refractivity contribution in [1.82, 2.24) is 4.90 Å². The molecule has 0 fully saturated rings. The van der Waals surface area contributed by atoms with E-state index < -0.39 is 0 Å². The number of benzene rings is 3. The maximum atomic E-state index is 12.8. The highest BCUT2D eigenvalue weighted by molar-refractivity contribution is 5.96. The van der Waals surface area contributed by atoms with Crippen LogP contribution in [0.4, 0.5) is 11.4 Å². The van der Waals surface area contributed by atoms with E-state index in [1.807, 2.05) is 55.5 Å². The molecule has 0 spiro atoms. The lowest BCUT2D eigenvalue weighted by atomic mass is 10.1. The van der Waals surface area contributed by atoms with Gasteiger partial charge in [-0.15, -0.1) is 0 Å². The highest BCUT2D eigenvalue weighted by atomic mass is 16.5. The fourth-order valence-electron chi connectivity index (χ4n) is 3.19. The summed E-state index contributed by atoms with van der Waals surface area (Å²) in [6.07, 6.45) is 0. The van der Waals surface area contributed by atoms with E-state index in [0.29, 0.717) is 35.8 Å². The van der Waals surface area contributed by atoms with Gasteiger partial charge in [0.2, 0.25) is 5.91 Å². The summed E-state index contributed by atoms with van der Waals surface area (Å²) in [4.78, 5) is 27.0. The van der Waals surface area contributed by atoms with Gasteiger partial charge < -0.3 is 20.3 Å². The molecule has 0 heterocycles. The van der Waals surface area contributed by atoms with Crippen LogP contribution >= 0.6 is 0 Å². The van der Waals surface area contributed by atoms with Crippen molar-refractivity contribution in [1.29, 1.82) is 0 Å². The van der Waals surface area contributed by atoms with Crippen molar-refractivity contribution in [3.8, 4) is 5.75 Å². The number of ether oxygens (including phenoxy) is 1. The van der Waals surface area contributed by atoms with E-state index in [4.69, 9.17) is 4.74 Å². The van der Waals surface area contributed by atoms with Crippen LogP contribution in [0.25, 0.3) is 0 Å². The number of amides is 2. The Morgan fingerprint density at radius 2 is 1.70 bits per heavy atom. The van der Waals surface area contributed by atoms with Gasteiger partial charge in [-0.1, -0.05) is 55.1 Å². The summed E-state index contributed by atoms with van der Waals surface area (Å²) in [5, 5.41) is 5.94. The molecule has 0 saturated heterocycles. The lowest BCUT2D eigenvalue weighted by Crippen LogP contribution is -2.26. The molecule has 0 saturated carbocycles. The second-order valence-electron chi connectivity index (χ2n) is 7.87. The second kappa shape index (κ2) is 11.5. The van der Waals surface area contributed by atoms with E-state index in [1.54, 1.807) is 42.3 Å². The molecule has 2 N–H and O–H groups in total. The van der Waals surface area contributed by atoms with Gasteiger partial charge in [0.1, 0.15) is 12.4 Å². The van der Waals surface area contributed by atoms with Gasteiger partial charge in [0, 0.05) is 24.8 Å². The van der Waals surface area contributed by atoms with Crippen molar-refractivity contribution in [2.45, 2.75) is 13.5 Å². The molecule has 6 nitrogen and oxygen atoms in total. The molecule has 3 aromatic carbocycles. The van der Waals surface area contributed by atoms with E-state index in [1.165, 1.54) is 0 Å². The molecule has 0 radical (unpaired) electrons. The third-order valence-corrected chi connectivity index (χ3v) is 4.81. The van der Waals surface area contributed by atoms with Crippen molar-refractivity contribution < 1.29 is 14.3 Å². The summed E-state index contributed by atoms with van der Waals surface area (Å²) in [6, 6.07) is 24.2. The van der Waals surface area contributed by atoms with Crippen molar-refractivity contribution in [3.05, 3.63) is 102 Å². The average molecular weight is 444 g/mol. The Balaban J connectivity index is 1.57. The normalized spacial score (nSPS) is 10.2. The van der Waals surface area contributed by atoms with Crippen LogP contribution in [0.15, 0.2) is 91.0 Å². The minimum Gasteiger partial charge on any atom is -0.487 e. The predicted molar refractivity (Wildman–Crippen MR) is 133 cm³/mol. The number of para-hydroxylation sites is 2. The number of anilines is 2. The SMILES string of the molecule is C=C(C)COc1ccccc1NC(=O)CNc1cccc(C(=O)N(C)Cc2ccccc2)c1. The first kappa shape index (κ1) is 23.6. The van der Waals surface area contributed by atoms with E-state index in [0.717, 1.165) is 11.1 Å². The molecule has 2 amide bonds. The fourth-order valence-corrected chi connectivity index (χ4v) is 3.19. The lowest BCUT2D eigenvalue weighted by Gasteiger charge is -2.18. The third kappa shape index (κ3) is 7.25. The van der Waals surface area contributed by atoms with Crippen LogP contribution in [-0.4, -0.2) is 36.9 Å². The molecule has 3 rings (SSSR count). The molecule has 0 unspecified atom stereocenters. The maximum absolute atomic E-state index is 12.8. The molecule has 0 aliphatic heterocycles. The van der Waals surface area contributed by atoms with Crippen molar-refractivity contribution >= 4 is 23.2 Å². The first-order chi connectivity index (χ1) is 15.9. The Morgan fingerprint density at radius 3 is 2.45 bits per heavy atom. The minimum absolute atomic E-state index is 0.0479. The molecule has 0 aliphatic rings. The van der Waals surface area contributed by atoms with Crippen LogP contribution in [0.5, 0.6) is 5.75 Å².